The van der Waals surface area contributed by atoms with Crippen LogP contribution in [0.2, 0.25) is 0 Å². The standard InChI is InChI=1S/C9H9IO3/c1-6-4-7(10)2-3-8(6)13-5-9(11)12/h2-4H,5H2,1H3,(H,11,12). The summed E-state index contributed by atoms with van der Waals surface area (Å²) >= 11 is 2.19. The molecule has 4 heteroatoms. The number of rotatable bonds is 3. The summed E-state index contributed by atoms with van der Waals surface area (Å²) in [5.74, 6) is -0.333. The summed E-state index contributed by atoms with van der Waals surface area (Å²) in [7, 11) is 0. The number of aliphatic carboxylic acids is 1. The van der Waals surface area contributed by atoms with Crippen molar-refractivity contribution in [2.75, 3.05) is 6.61 Å². The topological polar surface area (TPSA) is 46.5 Å². The van der Waals surface area contributed by atoms with Crippen molar-refractivity contribution in [1.82, 2.24) is 0 Å². The van der Waals surface area contributed by atoms with Crippen molar-refractivity contribution in [2.45, 2.75) is 6.92 Å². The number of carboxylic acid groups (broad SMARTS) is 1. The molecule has 0 aliphatic rings. The average molecular weight is 292 g/mol. The third kappa shape index (κ3) is 3.22. The van der Waals surface area contributed by atoms with E-state index in [-0.39, 0.29) is 6.61 Å². The van der Waals surface area contributed by atoms with Crippen molar-refractivity contribution in [3.8, 4) is 5.75 Å². The SMILES string of the molecule is Cc1cc(I)ccc1OCC(=O)O. The Morgan fingerprint density at radius 3 is 2.85 bits per heavy atom. The van der Waals surface area contributed by atoms with Crippen LogP contribution in [0.5, 0.6) is 5.75 Å². The first-order valence-electron chi connectivity index (χ1n) is 3.70. The zero-order chi connectivity index (χ0) is 9.84. The van der Waals surface area contributed by atoms with Crippen LogP contribution in [0.3, 0.4) is 0 Å². The van der Waals surface area contributed by atoms with Gasteiger partial charge in [-0.2, -0.15) is 0 Å². The Morgan fingerprint density at radius 1 is 1.62 bits per heavy atom. The summed E-state index contributed by atoms with van der Waals surface area (Å²) < 4.78 is 6.16. The Balaban J connectivity index is 2.72. The highest BCUT2D eigenvalue weighted by atomic mass is 127. The zero-order valence-electron chi connectivity index (χ0n) is 7.08. The van der Waals surface area contributed by atoms with Gasteiger partial charge in [0, 0.05) is 3.57 Å². The second kappa shape index (κ2) is 4.45. The maximum atomic E-state index is 10.2. The summed E-state index contributed by atoms with van der Waals surface area (Å²) in [5, 5.41) is 8.39. The largest absolute Gasteiger partial charge is 0.482 e. The third-order valence-corrected chi connectivity index (χ3v) is 2.16. The molecule has 0 radical (unpaired) electrons. The highest BCUT2D eigenvalue weighted by molar-refractivity contribution is 14.1. The monoisotopic (exact) mass is 292 g/mol. The second-order valence-corrected chi connectivity index (χ2v) is 3.84. The quantitative estimate of drug-likeness (QED) is 0.867. The van der Waals surface area contributed by atoms with Crippen molar-refractivity contribution >= 4 is 28.6 Å². The van der Waals surface area contributed by atoms with E-state index in [1.165, 1.54) is 0 Å². The summed E-state index contributed by atoms with van der Waals surface area (Å²) in [5.41, 5.74) is 0.952. The molecule has 0 aliphatic heterocycles. The molecule has 0 heterocycles. The smallest absolute Gasteiger partial charge is 0.341 e. The van der Waals surface area contributed by atoms with Gasteiger partial charge in [-0.05, 0) is 53.3 Å². The first-order chi connectivity index (χ1) is 6.09. The molecule has 0 aromatic heterocycles. The minimum atomic E-state index is -0.960. The molecule has 1 aromatic rings. The van der Waals surface area contributed by atoms with Crippen LogP contribution < -0.4 is 4.74 Å². The van der Waals surface area contributed by atoms with Crippen molar-refractivity contribution < 1.29 is 14.6 Å². The molecule has 1 rings (SSSR count). The van der Waals surface area contributed by atoms with Gasteiger partial charge >= 0.3 is 5.97 Å². The fourth-order valence-electron chi connectivity index (χ4n) is 0.914. The Hall–Kier alpha value is -0.780. The first kappa shape index (κ1) is 10.3. The van der Waals surface area contributed by atoms with Crippen LogP contribution in [0.1, 0.15) is 5.56 Å². The lowest BCUT2D eigenvalue weighted by atomic mass is 10.2. The normalized spacial score (nSPS) is 9.69. The predicted octanol–water partition coefficient (Wildman–Crippen LogP) is 2.06. The van der Waals surface area contributed by atoms with Crippen molar-refractivity contribution in [2.24, 2.45) is 0 Å². The van der Waals surface area contributed by atoms with Gasteiger partial charge in [-0.25, -0.2) is 4.79 Å². The van der Waals surface area contributed by atoms with Gasteiger partial charge in [-0.1, -0.05) is 0 Å². The highest BCUT2D eigenvalue weighted by Crippen LogP contribution is 2.19. The lowest BCUT2D eigenvalue weighted by molar-refractivity contribution is -0.139. The van der Waals surface area contributed by atoms with Crippen LogP contribution in [0, 0.1) is 10.5 Å². The number of halogens is 1. The molecule has 0 bridgehead atoms. The fourth-order valence-corrected chi connectivity index (χ4v) is 1.56. The molecule has 0 amide bonds. The Kier molecular flexibility index (Phi) is 3.53. The van der Waals surface area contributed by atoms with Crippen molar-refractivity contribution in [1.29, 1.82) is 0 Å². The van der Waals surface area contributed by atoms with Crippen LogP contribution >= 0.6 is 22.6 Å². The first-order valence-corrected chi connectivity index (χ1v) is 4.78. The minimum Gasteiger partial charge on any atom is -0.482 e. The van der Waals surface area contributed by atoms with E-state index in [1.54, 1.807) is 6.07 Å². The van der Waals surface area contributed by atoms with Crippen LogP contribution in [0.4, 0.5) is 0 Å². The number of hydrogen-bond acceptors (Lipinski definition) is 2. The molecule has 1 aromatic carbocycles. The van der Waals surface area contributed by atoms with E-state index < -0.39 is 5.97 Å². The van der Waals surface area contributed by atoms with E-state index in [0.717, 1.165) is 9.13 Å². The number of aryl methyl sites for hydroxylation is 1. The maximum absolute atomic E-state index is 10.2. The Bertz CT molecular complexity index is 323. The average Bonchev–Trinajstić information content (AvgIpc) is 2.02. The lowest BCUT2D eigenvalue weighted by Crippen LogP contribution is -2.09. The molecule has 0 aliphatic carbocycles. The third-order valence-electron chi connectivity index (χ3n) is 1.49. The molecule has 70 valence electrons. The van der Waals surface area contributed by atoms with Crippen LogP contribution in [-0.2, 0) is 4.79 Å². The van der Waals surface area contributed by atoms with Gasteiger partial charge in [-0.15, -0.1) is 0 Å². The molecule has 0 saturated carbocycles. The Labute approximate surface area is 89.9 Å². The molecular formula is C9H9IO3. The molecular weight excluding hydrogens is 283 g/mol. The van der Waals surface area contributed by atoms with Gasteiger partial charge in [0.15, 0.2) is 6.61 Å². The van der Waals surface area contributed by atoms with Gasteiger partial charge < -0.3 is 9.84 Å². The number of hydrogen-bond donors (Lipinski definition) is 1. The van der Waals surface area contributed by atoms with Crippen LogP contribution in [-0.4, -0.2) is 17.7 Å². The predicted molar refractivity (Wildman–Crippen MR) is 57.0 cm³/mol. The van der Waals surface area contributed by atoms with E-state index in [2.05, 4.69) is 22.6 Å². The highest BCUT2D eigenvalue weighted by Gasteiger charge is 2.02. The molecule has 0 unspecified atom stereocenters. The second-order valence-electron chi connectivity index (χ2n) is 2.59. The molecule has 3 nitrogen and oxygen atoms in total. The number of carbonyl (C=O) groups is 1. The van der Waals surface area contributed by atoms with Crippen LogP contribution in [0.25, 0.3) is 0 Å². The van der Waals surface area contributed by atoms with E-state index in [4.69, 9.17) is 9.84 Å². The van der Waals surface area contributed by atoms with E-state index in [0.29, 0.717) is 5.75 Å². The fraction of sp³-hybridized carbons (Fsp3) is 0.222. The molecule has 1 N–H and O–H groups in total. The van der Waals surface area contributed by atoms with Crippen LogP contribution in [0.15, 0.2) is 18.2 Å². The van der Waals surface area contributed by atoms with Gasteiger partial charge in [0.25, 0.3) is 0 Å². The molecule has 0 atom stereocenters. The summed E-state index contributed by atoms with van der Waals surface area (Å²) in [6.07, 6.45) is 0. The molecule has 0 fully saturated rings. The van der Waals surface area contributed by atoms with E-state index >= 15 is 0 Å². The number of benzene rings is 1. The van der Waals surface area contributed by atoms with Gasteiger partial charge in [0.1, 0.15) is 5.75 Å². The Morgan fingerprint density at radius 2 is 2.31 bits per heavy atom. The summed E-state index contributed by atoms with van der Waals surface area (Å²) in [4.78, 5) is 10.2. The van der Waals surface area contributed by atoms with Gasteiger partial charge in [0.2, 0.25) is 0 Å². The van der Waals surface area contributed by atoms with E-state index in [1.807, 2.05) is 19.1 Å². The number of carboxylic acids is 1. The van der Waals surface area contributed by atoms with E-state index in [9.17, 15) is 4.79 Å². The lowest BCUT2D eigenvalue weighted by Gasteiger charge is -2.06. The summed E-state index contributed by atoms with van der Waals surface area (Å²) in [6.45, 7) is 1.60. The van der Waals surface area contributed by atoms with Gasteiger partial charge in [-0.3, -0.25) is 0 Å². The molecule has 0 spiro atoms. The zero-order valence-corrected chi connectivity index (χ0v) is 9.24. The van der Waals surface area contributed by atoms with Gasteiger partial charge in [0.05, 0.1) is 0 Å². The molecule has 0 saturated heterocycles. The minimum absolute atomic E-state index is 0.290. The maximum Gasteiger partial charge on any atom is 0.341 e. The number of ether oxygens (including phenoxy) is 1. The molecule has 13 heavy (non-hydrogen) atoms. The van der Waals surface area contributed by atoms with Crippen molar-refractivity contribution in [3.05, 3.63) is 27.3 Å². The summed E-state index contributed by atoms with van der Waals surface area (Å²) in [6, 6.07) is 5.60. The van der Waals surface area contributed by atoms with Crippen molar-refractivity contribution in [3.63, 3.8) is 0 Å².